The van der Waals surface area contributed by atoms with Crippen LogP contribution in [0.5, 0.6) is 0 Å². The van der Waals surface area contributed by atoms with Crippen LogP contribution >= 0.6 is 0 Å². The third-order valence-electron chi connectivity index (χ3n) is 4.68. The Bertz CT molecular complexity index is 695. The van der Waals surface area contributed by atoms with Gasteiger partial charge in [-0.1, -0.05) is 13.0 Å². The van der Waals surface area contributed by atoms with Crippen molar-refractivity contribution in [2.75, 3.05) is 32.0 Å². The first-order valence-electron chi connectivity index (χ1n) is 8.34. The first kappa shape index (κ1) is 18.9. The van der Waals surface area contributed by atoms with Gasteiger partial charge >= 0.3 is 0 Å². The third kappa shape index (κ3) is 4.15. The average Bonchev–Trinajstić information content (AvgIpc) is 2.55. The maximum absolute atomic E-state index is 13.0. The normalized spacial score (nSPS) is 17.2. The number of likely N-dealkylation sites (tertiary alicyclic amines) is 1. The van der Waals surface area contributed by atoms with Crippen molar-refractivity contribution in [2.24, 2.45) is 0 Å². The molecule has 0 unspecified atom stereocenters. The Morgan fingerprint density at radius 2 is 1.96 bits per heavy atom. The largest absolute Gasteiger partial charge is 0.326 e. The van der Waals surface area contributed by atoms with Crippen molar-refractivity contribution in [2.45, 2.75) is 44.6 Å². The second-order valence-corrected chi connectivity index (χ2v) is 8.31. The molecule has 0 aliphatic carbocycles. The predicted molar refractivity (Wildman–Crippen MR) is 95.6 cm³/mol. The average molecular weight is 353 g/mol. The molecule has 1 aromatic carbocycles. The fourth-order valence-corrected chi connectivity index (χ4v) is 4.77. The van der Waals surface area contributed by atoms with E-state index in [0.717, 1.165) is 32.5 Å². The fourth-order valence-electron chi connectivity index (χ4n) is 3.11. The van der Waals surface area contributed by atoms with Gasteiger partial charge in [0.25, 0.3) is 0 Å². The molecule has 1 N–H and O–H groups in total. The van der Waals surface area contributed by atoms with E-state index in [2.05, 4.69) is 17.1 Å². The van der Waals surface area contributed by atoms with Gasteiger partial charge in [-0.05, 0) is 57.1 Å². The Morgan fingerprint density at radius 1 is 1.33 bits per heavy atom. The predicted octanol–water partition coefficient (Wildman–Crippen LogP) is 2.06. The van der Waals surface area contributed by atoms with E-state index in [-0.39, 0.29) is 16.8 Å². The van der Waals surface area contributed by atoms with Crippen LogP contribution in [-0.4, -0.2) is 56.3 Å². The molecule has 0 radical (unpaired) electrons. The molecule has 1 amide bonds. The fraction of sp³-hybridized carbons (Fsp3) is 0.588. The maximum Gasteiger partial charge on any atom is 0.243 e. The number of hydrogen-bond acceptors (Lipinski definition) is 4. The number of anilines is 1. The van der Waals surface area contributed by atoms with Crippen molar-refractivity contribution in [1.29, 1.82) is 0 Å². The minimum absolute atomic E-state index is 0.0154. The summed E-state index contributed by atoms with van der Waals surface area (Å²) in [4.78, 5) is 13.8. The highest BCUT2D eigenvalue weighted by Crippen LogP contribution is 2.27. The van der Waals surface area contributed by atoms with Gasteiger partial charge in [0.1, 0.15) is 0 Å². The van der Waals surface area contributed by atoms with Crippen molar-refractivity contribution in [3.05, 3.63) is 23.8 Å². The zero-order valence-electron chi connectivity index (χ0n) is 14.9. The molecule has 0 saturated carbocycles. The van der Waals surface area contributed by atoms with Gasteiger partial charge < -0.3 is 10.2 Å². The van der Waals surface area contributed by atoms with Crippen molar-refractivity contribution in [3.63, 3.8) is 0 Å². The number of nitrogens with zero attached hydrogens (tertiary/aromatic N) is 2. The summed E-state index contributed by atoms with van der Waals surface area (Å²) < 4.78 is 27.6. The van der Waals surface area contributed by atoms with Gasteiger partial charge in [-0.2, -0.15) is 4.31 Å². The number of nitrogens with one attached hydrogen (secondary N) is 1. The first-order chi connectivity index (χ1) is 11.3. The van der Waals surface area contributed by atoms with Crippen LogP contribution in [0.25, 0.3) is 0 Å². The molecule has 1 aliphatic heterocycles. The van der Waals surface area contributed by atoms with E-state index in [0.29, 0.717) is 11.3 Å². The Morgan fingerprint density at radius 3 is 2.50 bits per heavy atom. The van der Waals surface area contributed by atoms with Gasteiger partial charge in [0, 0.05) is 25.7 Å². The number of sulfonamides is 1. The summed E-state index contributed by atoms with van der Waals surface area (Å²) in [6, 6.07) is 5.01. The van der Waals surface area contributed by atoms with Crippen molar-refractivity contribution >= 4 is 21.6 Å². The summed E-state index contributed by atoms with van der Waals surface area (Å²) in [6.07, 6.45) is 1.68. The van der Waals surface area contributed by atoms with Crippen molar-refractivity contribution in [3.8, 4) is 0 Å². The molecule has 0 bridgehead atoms. The molecular weight excluding hydrogens is 326 g/mol. The number of hydrogen-bond donors (Lipinski definition) is 1. The third-order valence-corrected chi connectivity index (χ3v) is 6.74. The minimum atomic E-state index is -3.59. The molecule has 1 aromatic rings. The number of carbonyl (C=O) groups is 1. The first-order valence-corrected chi connectivity index (χ1v) is 9.78. The number of rotatable bonds is 5. The number of carbonyl (C=O) groups excluding carboxylic acids is 1. The van der Waals surface area contributed by atoms with Crippen LogP contribution in [0.1, 0.15) is 32.3 Å². The van der Waals surface area contributed by atoms with Crippen LogP contribution in [0.4, 0.5) is 5.69 Å². The highest BCUT2D eigenvalue weighted by molar-refractivity contribution is 7.89. The summed E-state index contributed by atoms with van der Waals surface area (Å²) in [5.74, 6) is -0.220. The molecular formula is C17H27N3O3S. The Kier molecular flexibility index (Phi) is 6.01. The number of piperidine rings is 1. The Balaban J connectivity index is 2.24. The number of amides is 1. The van der Waals surface area contributed by atoms with Crippen LogP contribution in [0, 0.1) is 6.92 Å². The van der Waals surface area contributed by atoms with E-state index in [1.807, 2.05) is 0 Å². The van der Waals surface area contributed by atoms with Crippen LogP contribution < -0.4 is 5.32 Å². The summed E-state index contributed by atoms with van der Waals surface area (Å²) in [7, 11) is -1.93. The summed E-state index contributed by atoms with van der Waals surface area (Å²) in [6.45, 7) is 8.15. The molecule has 2 rings (SSSR count). The molecule has 24 heavy (non-hydrogen) atoms. The van der Waals surface area contributed by atoms with Gasteiger partial charge in [0.05, 0.1) is 4.90 Å². The Labute approximate surface area is 144 Å². The molecule has 1 saturated heterocycles. The van der Waals surface area contributed by atoms with E-state index in [1.165, 1.54) is 11.2 Å². The van der Waals surface area contributed by atoms with Gasteiger partial charge in [-0.3, -0.25) is 4.79 Å². The lowest BCUT2D eigenvalue weighted by molar-refractivity contribution is -0.114. The van der Waals surface area contributed by atoms with Gasteiger partial charge in [-0.25, -0.2) is 8.42 Å². The lowest BCUT2D eigenvalue weighted by Gasteiger charge is -2.35. The molecule has 7 heteroatoms. The molecule has 1 aliphatic rings. The van der Waals surface area contributed by atoms with Crippen LogP contribution in [-0.2, 0) is 14.8 Å². The van der Waals surface area contributed by atoms with E-state index >= 15 is 0 Å². The zero-order chi connectivity index (χ0) is 17.9. The lowest BCUT2D eigenvalue weighted by atomic mass is 10.1. The van der Waals surface area contributed by atoms with Gasteiger partial charge in [0.15, 0.2) is 0 Å². The van der Waals surface area contributed by atoms with Gasteiger partial charge in [0.2, 0.25) is 15.9 Å². The molecule has 6 nitrogen and oxygen atoms in total. The van der Waals surface area contributed by atoms with Crippen LogP contribution in [0.2, 0.25) is 0 Å². The van der Waals surface area contributed by atoms with Crippen molar-refractivity contribution < 1.29 is 13.2 Å². The second-order valence-electron chi connectivity index (χ2n) is 6.35. The monoisotopic (exact) mass is 353 g/mol. The molecule has 1 fully saturated rings. The minimum Gasteiger partial charge on any atom is -0.326 e. The standard InChI is InChI=1S/C17H27N3O3S/c1-5-20-10-8-16(9-11-20)19(4)24(22,23)17-12-15(18-14(3)21)7-6-13(17)2/h6-7,12,16H,5,8-11H2,1-4H3,(H,18,21). The molecule has 1 heterocycles. The lowest BCUT2D eigenvalue weighted by Crippen LogP contribution is -2.45. The van der Waals surface area contributed by atoms with Crippen molar-refractivity contribution in [1.82, 2.24) is 9.21 Å². The highest BCUT2D eigenvalue weighted by Gasteiger charge is 2.31. The molecule has 0 aromatic heterocycles. The molecule has 0 atom stereocenters. The second kappa shape index (κ2) is 7.63. The quantitative estimate of drug-likeness (QED) is 0.880. The smallest absolute Gasteiger partial charge is 0.243 e. The van der Waals surface area contributed by atoms with Crippen LogP contribution in [0.15, 0.2) is 23.1 Å². The Hall–Kier alpha value is -1.44. The molecule has 134 valence electrons. The SMILES string of the molecule is CCN1CCC(N(C)S(=O)(=O)c2cc(NC(C)=O)ccc2C)CC1. The number of aryl methyl sites for hydroxylation is 1. The summed E-state index contributed by atoms with van der Waals surface area (Å²) >= 11 is 0. The van der Waals surface area contributed by atoms with Gasteiger partial charge in [-0.15, -0.1) is 0 Å². The summed E-state index contributed by atoms with van der Waals surface area (Å²) in [5.41, 5.74) is 1.18. The maximum atomic E-state index is 13.0. The zero-order valence-corrected chi connectivity index (χ0v) is 15.7. The summed E-state index contributed by atoms with van der Waals surface area (Å²) in [5, 5.41) is 2.65. The molecule has 0 spiro atoms. The topological polar surface area (TPSA) is 69.7 Å². The highest BCUT2D eigenvalue weighted by atomic mass is 32.2. The van der Waals surface area contributed by atoms with E-state index < -0.39 is 10.0 Å². The number of benzene rings is 1. The van der Waals surface area contributed by atoms with Crippen LogP contribution in [0.3, 0.4) is 0 Å². The van der Waals surface area contributed by atoms with E-state index in [1.54, 1.807) is 32.2 Å². The van der Waals surface area contributed by atoms with E-state index in [4.69, 9.17) is 0 Å². The van der Waals surface area contributed by atoms with E-state index in [9.17, 15) is 13.2 Å².